The first-order chi connectivity index (χ1) is 9.81. The fourth-order valence-corrected chi connectivity index (χ4v) is 2.66. The molecule has 21 heavy (non-hydrogen) atoms. The van der Waals surface area contributed by atoms with Gasteiger partial charge in [-0.15, -0.1) is 0 Å². The summed E-state index contributed by atoms with van der Waals surface area (Å²) in [6.07, 6.45) is 2.85. The maximum Gasteiger partial charge on any atom is 0.407 e. The largest absolute Gasteiger partial charge is 0.444 e. The molecule has 2 rings (SSSR count). The lowest BCUT2D eigenvalue weighted by Crippen LogP contribution is -2.41. The van der Waals surface area contributed by atoms with Gasteiger partial charge in [-0.05, 0) is 51.0 Å². The minimum Gasteiger partial charge on any atom is -0.444 e. The molecule has 1 amide bonds. The van der Waals surface area contributed by atoms with E-state index in [1.807, 2.05) is 26.8 Å². The molecule has 0 heterocycles. The fourth-order valence-electron chi connectivity index (χ4n) is 2.66. The van der Waals surface area contributed by atoms with Gasteiger partial charge in [-0.3, -0.25) is 0 Å². The highest BCUT2D eigenvalue weighted by Gasteiger charge is 2.44. The number of rotatable bonds is 5. The fraction of sp³-hybridized carbons (Fsp3) is 0.588. The summed E-state index contributed by atoms with van der Waals surface area (Å²) in [6.45, 7) is 5.99. The third-order valence-corrected chi connectivity index (χ3v) is 3.80. The van der Waals surface area contributed by atoms with Gasteiger partial charge in [-0.1, -0.05) is 30.3 Å². The van der Waals surface area contributed by atoms with Gasteiger partial charge in [0.1, 0.15) is 5.60 Å². The number of amides is 1. The molecule has 1 aromatic carbocycles. The zero-order valence-corrected chi connectivity index (χ0v) is 13.2. The minimum atomic E-state index is -0.476. The number of carbonyl (C=O) groups is 1. The molecule has 1 unspecified atom stereocenters. The zero-order chi connectivity index (χ0) is 15.5. The predicted octanol–water partition coefficient (Wildman–Crippen LogP) is 2.96. The maximum absolute atomic E-state index is 11.6. The molecule has 0 saturated heterocycles. The molecule has 0 aromatic heterocycles. The molecule has 1 fully saturated rings. The Hall–Kier alpha value is -1.55. The summed E-state index contributed by atoms with van der Waals surface area (Å²) in [5.41, 5.74) is 7.28. The smallest absolute Gasteiger partial charge is 0.407 e. The van der Waals surface area contributed by atoms with Gasteiger partial charge in [-0.25, -0.2) is 4.79 Å². The Kier molecular flexibility index (Phi) is 4.57. The van der Waals surface area contributed by atoms with E-state index in [2.05, 4.69) is 29.6 Å². The summed E-state index contributed by atoms with van der Waals surface area (Å²) in [5.74, 6) is 0. The molecule has 1 atom stereocenters. The quantitative estimate of drug-likeness (QED) is 0.876. The van der Waals surface area contributed by atoms with Gasteiger partial charge in [0.25, 0.3) is 0 Å². The second kappa shape index (κ2) is 6.06. The average Bonchev–Trinajstić information content (AvgIpc) is 3.16. The van der Waals surface area contributed by atoms with Crippen LogP contribution < -0.4 is 11.1 Å². The third kappa shape index (κ3) is 4.74. The molecule has 1 saturated carbocycles. The number of nitrogens with one attached hydrogen (secondary N) is 1. The summed E-state index contributed by atoms with van der Waals surface area (Å²) in [6, 6.07) is 10.4. The Morgan fingerprint density at radius 3 is 2.48 bits per heavy atom. The lowest BCUT2D eigenvalue weighted by molar-refractivity contribution is 0.0523. The number of hydrogen-bond donors (Lipinski definition) is 2. The van der Waals surface area contributed by atoms with Crippen molar-refractivity contribution in [2.45, 2.75) is 57.1 Å². The first-order valence-electron chi connectivity index (χ1n) is 7.59. The number of alkyl carbamates (subject to hydrolysis) is 1. The number of carbonyl (C=O) groups excluding carboxylic acids is 1. The van der Waals surface area contributed by atoms with Crippen LogP contribution in [0, 0.1) is 0 Å². The van der Waals surface area contributed by atoms with Crippen molar-refractivity contribution < 1.29 is 9.53 Å². The number of hydrogen-bond acceptors (Lipinski definition) is 3. The molecular formula is C17H26N2O2. The Morgan fingerprint density at radius 2 is 1.95 bits per heavy atom. The molecule has 0 radical (unpaired) electrons. The van der Waals surface area contributed by atoms with E-state index in [9.17, 15) is 4.79 Å². The number of ether oxygens (including phenoxy) is 1. The first-order valence-corrected chi connectivity index (χ1v) is 7.59. The molecule has 1 aliphatic carbocycles. The Labute approximate surface area is 127 Å². The second-order valence-electron chi connectivity index (χ2n) is 6.99. The van der Waals surface area contributed by atoms with Crippen molar-refractivity contribution in [3.05, 3.63) is 35.9 Å². The average molecular weight is 290 g/mol. The Bertz CT molecular complexity index is 475. The van der Waals surface area contributed by atoms with Crippen LogP contribution in [0.5, 0.6) is 0 Å². The van der Waals surface area contributed by atoms with Crippen LogP contribution in [0.2, 0.25) is 0 Å². The molecule has 4 nitrogen and oxygen atoms in total. The maximum atomic E-state index is 11.6. The monoisotopic (exact) mass is 290 g/mol. The molecular weight excluding hydrogens is 264 g/mol. The standard InChI is InChI=1S/C17H26N2O2/c1-16(2,3)21-15(20)19-12-14(18)11-17(9-10-17)13-7-5-4-6-8-13/h4-8,14H,9-12,18H2,1-3H3,(H,19,20). The molecule has 3 N–H and O–H groups in total. The highest BCUT2D eigenvalue weighted by Crippen LogP contribution is 2.51. The highest BCUT2D eigenvalue weighted by molar-refractivity contribution is 5.67. The molecule has 0 aliphatic heterocycles. The molecule has 1 aliphatic rings. The van der Waals surface area contributed by atoms with Crippen LogP contribution in [0.4, 0.5) is 4.79 Å². The van der Waals surface area contributed by atoms with E-state index in [0.717, 1.165) is 6.42 Å². The minimum absolute atomic E-state index is 0.0553. The van der Waals surface area contributed by atoms with Gasteiger partial charge in [0.15, 0.2) is 0 Å². The van der Waals surface area contributed by atoms with Crippen LogP contribution in [0.25, 0.3) is 0 Å². The van der Waals surface area contributed by atoms with E-state index >= 15 is 0 Å². The van der Waals surface area contributed by atoms with Gasteiger partial charge in [0.2, 0.25) is 0 Å². The summed E-state index contributed by atoms with van der Waals surface area (Å²) in [5, 5.41) is 2.75. The van der Waals surface area contributed by atoms with Crippen molar-refractivity contribution in [1.29, 1.82) is 0 Å². The van der Waals surface area contributed by atoms with Crippen molar-refractivity contribution in [3.63, 3.8) is 0 Å². The van der Waals surface area contributed by atoms with E-state index in [4.69, 9.17) is 10.5 Å². The lowest BCUT2D eigenvalue weighted by Gasteiger charge is -2.23. The van der Waals surface area contributed by atoms with E-state index in [1.165, 1.54) is 18.4 Å². The first kappa shape index (κ1) is 15.8. The van der Waals surface area contributed by atoms with Crippen LogP contribution in [0.3, 0.4) is 0 Å². The van der Waals surface area contributed by atoms with Crippen LogP contribution in [0.15, 0.2) is 30.3 Å². The van der Waals surface area contributed by atoms with Gasteiger partial charge in [-0.2, -0.15) is 0 Å². The molecule has 0 spiro atoms. The van der Waals surface area contributed by atoms with Gasteiger partial charge >= 0.3 is 6.09 Å². The number of benzene rings is 1. The summed E-state index contributed by atoms with van der Waals surface area (Å²) >= 11 is 0. The van der Waals surface area contributed by atoms with Crippen molar-refractivity contribution in [2.24, 2.45) is 5.73 Å². The van der Waals surface area contributed by atoms with Crippen LogP contribution >= 0.6 is 0 Å². The Balaban J connectivity index is 1.80. The Morgan fingerprint density at radius 1 is 1.33 bits per heavy atom. The molecule has 116 valence electrons. The number of nitrogens with two attached hydrogens (primary N) is 1. The summed E-state index contributed by atoms with van der Waals surface area (Å²) in [4.78, 5) is 11.6. The zero-order valence-electron chi connectivity index (χ0n) is 13.2. The molecule has 4 heteroatoms. The normalized spacial score (nSPS) is 17.9. The summed E-state index contributed by atoms with van der Waals surface area (Å²) in [7, 11) is 0. The van der Waals surface area contributed by atoms with Crippen molar-refractivity contribution in [1.82, 2.24) is 5.32 Å². The van der Waals surface area contributed by atoms with Crippen LogP contribution in [0.1, 0.15) is 45.6 Å². The van der Waals surface area contributed by atoms with Gasteiger partial charge < -0.3 is 15.8 Å². The highest BCUT2D eigenvalue weighted by atomic mass is 16.6. The van der Waals surface area contributed by atoms with Gasteiger partial charge in [0, 0.05) is 12.6 Å². The van der Waals surface area contributed by atoms with Crippen molar-refractivity contribution >= 4 is 6.09 Å². The topological polar surface area (TPSA) is 64.3 Å². The summed E-state index contributed by atoms with van der Waals surface area (Å²) < 4.78 is 5.21. The third-order valence-electron chi connectivity index (χ3n) is 3.80. The van der Waals surface area contributed by atoms with E-state index < -0.39 is 11.7 Å². The van der Waals surface area contributed by atoms with E-state index in [0.29, 0.717) is 6.54 Å². The van der Waals surface area contributed by atoms with Crippen LogP contribution in [-0.2, 0) is 10.2 Å². The molecule has 1 aromatic rings. The predicted molar refractivity (Wildman–Crippen MR) is 84.2 cm³/mol. The van der Waals surface area contributed by atoms with E-state index in [-0.39, 0.29) is 11.5 Å². The van der Waals surface area contributed by atoms with Gasteiger partial charge in [0.05, 0.1) is 0 Å². The second-order valence-corrected chi connectivity index (χ2v) is 6.99. The molecule has 0 bridgehead atoms. The van der Waals surface area contributed by atoms with Crippen LogP contribution in [-0.4, -0.2) is 24.3 Å². The van der Waals surface area contributed by atoms with Crippen molar-refractivity contribution in [3.8, 4) is 0 Å². The van der Waals surface area contributed by atoms with Crippen molar-refractivity contribution in [2.75, 3.05) is 6.54 Å². The SMILES string of the molecule is CC(C)(C)OC(=O)NCC(N)CC1(c2ccccc2)CC1. The lowest BCUT2D eigenvalue weighted by atomic mass is 9.89. The van der Waals surface area contributed by atoms with E-state index in [1.54, 1.807) is 0 Å².